The number of nitrogens with one attached hydrogen (secondary N) is 1. The lowest BCUT2D eigenvalue weighted by molar-refractivity contribution is -0.127. The van der Waals surface area contributed by atoms with Crippen molar-refractivity contribution in [3.8, 4) is 5.75 Å². The zero-order valence-corrected chi connectivity index (χ0v) is 17.9. The van der Waals surface area contributed by atoms with Crippen LogP contribution < -0.4 is 5.32 Å². The normalized spacial score (nSPS) is 15.2. The quantitative estimate of drug-likeness (QED) is 0.511. The summed E-state index contributed by atoms with van der Waals surface area (Å²) in [5.74, 6) is -0.907. The molecule has 1 saturated heterocycles. The molecule has 0 atom stereocenters. The number of hydrogen-bond donors (Lipinski definition) is 2. The summed E-state index contributed by atoms with van der Waals surface area (Å²) in [6.45, 7) is -0.371. The number of phenols is 1. The smallest absolute Gasteiger partial charge is 0.294 e. The maximum Gasteiger partial charge on any atom is 0.294 e. The summed E-state index contributed by atoms with van der Waals surface area (Å²) in [4.78, 5) is 38.6. The number of carbonyl (C=O) groups is 3. The van der Waals surface area contributed by atoms with Gasteiger partial charge in [-0.15, -0.1) is 0 Å². The molecule has 150 valence electrons. The molecule has 1 aliphatic heterocycles. The van der Waals surface area contributed by atoms with E-state index < -0.39 is 17.1 Å². The van der Waals surface area contributed by atoms with Gasteiger partial charge in [0.25, 0.3) is 11.1 Å². The van der Waals surface area contributed by atoms with E-state index in [9.17, 15) is 19.5 Å². The number of phenolic OH excluding ortho intramolecular Hbond substituents is 1. The van der Waals surface area contributed by atoms with E-state index in [4.69, 9.17) is 0 Å². The molecule has 2 N–H and O–H groups in total. The van der Waals surface area contributed by atoms with Crippen LogP contribution in [-0.2, 0) is 9.59 Å². The monoisotopic (exact) mass is 482 g/mol. The minimum atomic E-state index is -0.526. The van der Waals surface area contributed by atoms with Crippen LogP contribution in [0.4, 0.5) is 10.5 Å². The van der Waals surface area contributed by atoms with Crippen LogP contribution in [0.5, 0.6) is 5.75 Å². The lowest BCUT2D eigenvalue weighted by Crippen LogP contribution is -2.36. The van der Waals surface area contributed by atoms with Crippen LogP contribution in [0, 0.1) is 0 Å². The molecule has 0 saturated carbocycles. The summed E-state index contributed by atoms with van der Waals surface area (Å²) in [6, 6.07) is 17.9. The Labute approximate surface area is 184 Å². The summed E-state index contributed by atoms with van der Waals surface area (Å²) in [5, 5.41) is 13.7. The molecular weight excluding hydrogens is 468 g/mol. The molecule has 1 fully saturated rings. The van der Waals surface area contributed by atoms with Gasteiger partial charge in [-0.25, -0.2) is 0 Å². The zero-order valence-electron chi connectivity index (χ0n) is 15.5. The molecule has 1 aliphatic rings. The van der Waals surface area contributed by atoms with E-state index in [1.165, 1.54) is 6.07 Å². The van der Waals surface area contributed by atoms with Gasteiger partial charge in [0.1, 0.15) is 12.3 Å². The third-order valence-electron chi connectivity index (χ3n) is 4.51. The van der Waals surface area contributed by atoms with Crippen molar-refractivity contribution in [3.05, 3.63) is 75.6 Å². The topological polar surface area (TPSA) is 86.7 Å². The van der Waals surface area contributed by atoms with Gasteiger partial charge in [-0.2, -0.15) is 0 Å². The number of hydrogen-bond acceptors (Lipinski definition) is 5. The first-order chi connectivity index (χ1) is 14.4. The summed E-state index contributed by atoms with van der Waals surface area (Å²) in [5.41, 5.74) is 1.26. The molecule has 0 spiro atoms. The molecule has 4 rings (SSSR count). The zero-order chi connectivity index (χ0) is 21.3. The Balaban J connectivity index is 1.49. The number of aromatic hydroxyl groups is 1. The second-order valence-corrected chi connectivity index (χ2v) is 8.40. The second-order valence-electron chi connectivity index (χ2n) is 6.55. The van der Waals surface area contributed by atoms with Crippen LogP contribution in [0.1, 0.15) is 5.56 Å². The number of rotatable bonds is 4. The van der Waals surface area contributed by atoms with Gasteiger partial charge in [0.05, 0.1) is 9.38 Å². The van der Waals surface area contributed by atoms with Crippen molar-refractivity contribution >= 4 is 67.3 Å². The highest BCUT2D eigenvalue weighted by atomic mass is 79.9. The SMILES string of the molecule is O=C(CN1C(=O)SC(=Cc2ccc(O)c(Br)c2)C1=O)Nc1cccc2ccccc12. The fourth-order valence-corrected chi connectivity index (χ4v) is 4.30. The molecule has 0 aliphatic carbocycles. The molecule has 0 unspecified atom stereocenters. The first-order valence-corrected chi connectivity index (χ1v) is 10.5. The Morgan fingerprint density at radius 3 is 2.67 bits per heavy atom. The number of anilines is 1. The number of amides is 3. The van der Waals surface area contributed by atoms with Crippen molar-refractivity contribution in [2.45, 2.75) is 0 Å². The Morgan fingerprint density at radius 2 is 1.87 bits per heavy atom. The molecule has 1 heterocycles. The largest absolute Gasteiger partial charge is 0.507 e. The highest BCUT2D eigenvalue weighted by Gasteiger charge is 2.36. The second kappa shape index (κ2) is 8.33. The molecule has 0 bridgehead atoms. The average Bonchev–Trinajstić information content (AvgIpc) is 2.98. The standard InChI is InChI=1S/C22H15BrN2O4S/c23-16-10-13(8-9-18(16)26)11-19-21(28)25(22(29)30-19)12-20(27)24-17-7-3-5-14-4-1-2-6-15(14)17/h1-11,26H,12H2,(H,24,27). The molecule has 3 aromatic carbocycles. The van der Waals surface area contributed by atoms with E-state index in [1.807, 2.05) is 36.4 Å². The van der Waals surface area contributed by atoms with Gasteiger partial charge >= 0.3 is 0 Å². The van der Waals surface area contributed by atoms with Crippen LogP contribution in [-0.4, -0.2) is 33.6 Å². The summed E-state index contributed by atoms with van der Waals surface area (Å²) < 4.78 is 0.477. The highest BCUT2D eigenvalue weighted by Crippen LogP contribution is 2.33. The number of carbonyl (C=O) groups excluding carboxylic acids is 3. The van der Waals surface area contributed by atoms with Crippen molar-refractivity contribution in [1.29, 1.82) is 0 Å². The van der Waals surface area contributed by atoms with Gasteiger partial charge in [0, 0.05) is 11.1 Å². The fraction of sp³-hybridized carbons (Fsp3) is 0.0455. The van der Waals surface area contributed by atoms with Crippen molar-refractivity contribution in [2.24, 2.45) is 0 Å². The van der Waals surface area contributed by atoms with E-state index in [1.54, 1.807) is 24.3 Å². The number of imide groups is 1. The number of benzene rings is 3. The number of nitrogens with zero attached hydrogens (tertiary/aromatic N) is 1. The van der Waals surface area contributed by atoms with E-state index >= 15 is 0 Å². The van der Waals surface area contributed by atoms with Gasteiger partial charge in [-0.1, -0.05) is 42.5 Å². The van der Waals surface area contributed by atoms with E-state index in [0.29, 0.717) is 15.7 Å². The van der Waals surface area contributed by atoms with E-state index in [-0.39, 0.29) is 17.2 Å². The molecule has 3 amide bonds. The average molecular weight is 483 g/mol. The Bertz CT molecular complexity index is 1220. The maximum absolute atomic E-state index is 12.6. The van der Waals surface area contributed by atoms with Crippen LogP contribution in [0.3, 0.4) is 0 Å². The van der Waals surface area contributed by atoms with Crippen LogP contribution in [0.2, 0.25) is 0 Å². The third-order valence-corrected chi connectivity index (χ3v) is 6.05. The predicted molar refractivity (Wildman–Crippen MR) is 121 cm³/mol. The first kappa shape index (κ1) is 20.2. The Morgan fingerprint density at radius 1 is 1.10 bits per heavy atom. The lowest BCUT2D eigenvalue weighted by Gasteiger charge is -2.13. The van der Waals surface area contributed by atoms with Gasteiger partial charge < -0.3 is 10.4 Å². The number of fused-ring (bicyclic) bond motifs is 1. The van der Waals surface area contributed by atoms with E-state index in [0.717, 1.165) is 27.4 Å². The van der Waals surface area contributed by atoms with Gasteiger partial charge in [-0.05, 0) is 62.9 Å². The highest BCUT2D eigenvalue weighted by molar-refractivity contribution is 9.10. The van der Waals surface area contributed by atoms with Gasteiger partial charge in [0.15, 0.2) is 0 Å². The van der Waals surface area contributed by atoms with Crippen LogP contribution in [0.25, 0.3) is 16.8 Å². The third kappa shape index (κ3) is 4.10. The predicted octanol–water partition coefficient (Wildman–Crippen LogP) is 4.98. The minimum Gasteiger partial charge on any atom is -0.507 e. The first-order valence-electron chi connectivity index (χ1n) is 8.94. The molecule has 0 radical (unpaired) electrons. The molecule has 3 aromatic rings. The van der Waals surface area contributed by atoms with Gasteiger partial charge in [0.2, 0.25) is 5.91 Å². The van der Waals surface area contributed by atoms with Crippen LogP contribution >= 0.6 is 27.7 Å². The molecule has 0 aromatic heterocycles. The summed E-state index contributed by atoms with van der Waals surface area (Å²) >= 11 is 3.99. The number of thioether (sulfide) groups is 1. The molecule has 30 heavy (non-hydrogen) atoms. The lowest BCUT2D eigenvalue weighted by atomic mass is 10.1. The van der Waals surface area contributed by atoms with Crippen molar-refractivity contribution < 1.29 is 19.5 Å². The van der Waals surface area contributed by atoms with Crippen molar-refractivity contribution in [2.75, 3.05) is 11.9 Å². The minimum absolute atomic E-state index is 0.0744. The summed E-state index contributed by atoms with van der Waals surface area (Å²) in [6.07, 6.45) is 1.55. The Hall–Kier alpha value is -3.10. The van der Waals surface area contributed by atoms with Crippen molar-refractivity contribution in [1.82, 2.24) is 4.90 Å². The summed E-state index contributed by atoms with van der Waals surface area (Å²) in [7, 11) is 0. The molecular formula is C22H15BrN2O4S. The molecule has 6 nitrogen and oxygen atoms in total. The molecule has 8 heteroatoms. The van der Waals surface area contributed by atoms with Crippen molar-refractivity contribution in [3.63, 3.8) is 0 Å². The van der Waals surface area contributed by atoms with E-state index in [2.05, 4.69) is 21.2 Å². The fourth-order valence-electron chi connectivity index (χ4n) is 3.07. The maximum atomic E-state index is 12.6. The number of halogens is 1. The van der Waals surface area contributed by atoms with Gasteiger partial charge in [-0.3, -0.25) is 19.3 Å². The Kier molecular flexibility index (Phi) is 5.61. The van der Waals surface area contributed by atoms with Crippen LogP contribution in [0.15, 0.2) is 70.0 Å².